The van der Waals surface area contributed by atoms with Gasteiger partial charge in [-0.25, -0.2) is 9.97 Å². The van der Waals surface area contributed by atoms with Gasteiger partial charge in [-0.2, -0.15) is 0 Å². The highest BCUT2D eigenvalue weighted by molar-refractivity contribution is 7.99. The summed E-state index contributed by atoms with van der Waals surface area (Å²) in [6.45, 7) is 7.06. The summed E-state index contributed by atoms with van der Waals surface area (Å²) in [5.74, 6) is 0.630. The predicted octanol–water partition coefficient (Wildman–Crippen LogP) is 2.07. The number of aromatic nitrogens is 2. The Balaban J connectivity index is 2.66. The maximum Gasteiger partial charge on any atom is 0.188 e. The fourth-order valence-corrected chi connectivity index (χ4v) is 1.75. The molecule has 4 heteroatoms. The van der Waals surface area contributed by atoms with Crippen LogP contribution in [0.15, 0.2) is 17.4 Å². The average Bonchev–Trinajstić information content (AvgIpc) is 2.18. The maximum atomic E-state index is 5.51. The van der Waals surface area contributed by atoms with Gasteiger partial charge in [0.15, 0.2) is 5.16 Å². The Morgan fingerprint density at radius 3 is 2.71 bits per heavy atom. The molecule has 3 nitrogen and oxygen atoms in total. The van der Waals surface area contributed by atoms with Gasteiger partial charge >= 0.3 is 0 Å². The van der Waals surface area contributed by atoms with Gasteiger partial charge in [0.25, 0.3) is 0 Å². The van der Waals surface area contributed by atoms with Crippen molar-refractivity contribution in [3.8, 4) is 0 Å². The minimum absolute atomic E-state index is 0.478. The van der Waals surface area contributed by atoms with Crippen LogP contribution < -0.4 is 5.73 Å². The van der Waals surface area contributed by atoms with E-state index in [1.54, 1.807) is 18.0 Å². The molecule has 0 aromatic carbocycles. The van der Waals surface area contributed by atoms with Gasteiger partial charge in [0, 0.05) is 18.0 Å². The van der Waals surface area contributed by atoms with Gasteiger partial charge < -0.3 is 5.73 Å². The second-order valence-electron chi connectivity index (χ2n) is 3.60. The summed E-state index contributed by atoms with van der Waals surface area (Å²) in [4.78, 5) is 8.55. The van der Waals surface area contributed by atoms with Gasteiger partial charge in [-0.15, -0.1) is 0 Å². The smallest absolute Gasteiger partial charge is 0.188 e. The van der Waals surface area contributed by atoms with E-state index in [4.69, 9.17) is 5.73 Å². The van der Waals surface area contributed by atoms with Crippen LogP contribution in [-0.4, -0.2) is 15.2 Å². The molecule has 0 aliphatic heterocycles. The largest absolute Gasteiger partial charge is 0.325 e. The lowest BCUT2D eigenvalue weighted by Crippen LogP contribution is -2.07. The van der Waals surface area contributed by atoms with Crippen molar-refractivity contribution in [1.29, 1.82) is 0 Å². The third-order valence-electron chi connectivity index (χ3n) is 2.13. The Bertz CT molecular complexity index is 288. The third-order valence-corrected chi connectivity index (χ3v) is 3.45. The molecule has 0 aliphatic carbocycles. The van der Waals surface area contributed by atoms with Gasteiger partial charge in [-0.05, 0) is 12.0 Å². The molecule has 0 radical (unpaired) electrons. The fourth-order valence-electron chi connectivity index (χ4n) is 0.849. The summed E-state index contributed by atoms with van der Waals surface area (Å²) in [5, 5.41) is 1.36. The van der Waals surface area contributed by atoms with Crippen LogP contribution in [0.3, 0.4) is 0 Å². The summed E-state index contributed by atoms with van der Waals surface area (Å²) in [5.41, 5.74) is 6.41. The SMILES string of the molecule is CC(C)C(C)Sc1nccc(CN)n1. The van der Waals surface area contributed by atoms with E-state index >= 15 is 0 Å². The molecule has 1 aromatic rings. The monoisotopic (exact) mass is 211 g/mol. The Hall–Kier alpha value is -0.610. The van der Waals surface area contributed by atoms with Crippen LogP contribution in [0.5, 0.6) is 0 Å². The van der Waals surface area contributed by atoms with Crippen molar-refractivity contribution in [2.45, 2.75) is 37.7 Å². The van der Waals surface area contributed by atoms with Gasteiger partial charge in [-0.1, -0.05) is 32.5 Å². The van der Waals surface area contributed by atoms with E-state index in [9.17, 15) is 0 Å². The lowest BCUT2D eigenvalue weighted by molar-refractivity contribution is 0.640. The molecule has 78 valence electrons. The van der Waals surface area contributed by atoms with Crippen LogP contribution in [0, 0.1) is 5.92 Å². The molecule has 14 heavy (non-hydrogen) atoms. The van der Waals surface area contributed by atoms with E-state index in [-0.39, 0.29) is 0 Å². The second kappa shape index (κ2) is 5.32. The summed E-state index contributed by atoms with van der Waals surface area (Å²) < 4.78 is 0. The fraction of sp³-hybridized carbons (Fsp3) is 0.600. The van der Waals surface area contributed by atoms with Gasteiger partial charge in [0.1, 0.15) is 0 Å². The first kappa shape index (κ1) is 11.5. The number of hydrogen-bond acceptors (Lipinski definition) is 4. The average molecular weight is 211 g/mol. The molecular weight excluding hydrogens is 194 g/mol. The third kappa shape index (κ3) is 3.27. The van der Waals surface area contributed by atoms with Crippen LogP contribution in [0.25, 0.3) is 0 Å². The van der Waals surface area contributed by atoms with E-state index in [0.29, 0.717) is 17.7 Å². The first-order chi connectivity index (χ1) is 6.63. The Morgan fingerprint density at radius 2 is 2.14 bits per heavy atom. The van der Waals surface area contributed by atoms with Crippen LogP contribution in [0.2, 0.25) is 0 Å². The Kier molecular flexibility index (Phi) is 4.35. The molecule has 1 atom stereocenters. The Labute approximate surface area is 89.5 Å². The zero-order valence-electron chi connectivity index (χ0n) is 8.90. The first-order valence-corrected chi connectivity index (χ1v) is 5.70. The van der Waals surface area contributed by atoms with E-state index in [1.807, 2.05) is 6.07 Å². The maximum absolute atomic E-state index is 5.51. The zero-order valence-corrected chi connectivity index (χ0v) is 9.71. The summed E-state index contributed by atoms with van der Waals surface area (Å²) in [7, 11) is 0. The molecule has 0 bridgehead atoms. The van der Waals surface area contributed by atoms with Crippen LogP contribution in [0.1, 0.15) is 26.5 Å². The van der Waals surface area contributed by atoms with Gasteiger partial charge in [-0.3, -0.25) is 0 Å². The highest BCUT2D eigenvalue weighted by Gasteiger charge is 2.10. The number of nitrogens with two attached hydrogens (primary N) is 1. The van der Waals surface area contributed by atoms with E-state index < -0.39 is 0 Å². The number of nitrogens with zero attached hydrogens (tertiary/aromatic N) is 2. The molecule has 0 amide bonds. The predicted molar refractivity (Wildman–Crippen MR) is 60.1 cm³/mol. The summed E-state index contributed by atoms with van der Waals surface area (Å²) >= 11 is 1.70. The minimum atomic E-state index is 0.478. The van der Waals surface area contributed by atoms with Crippen molar-refractivity contribution >= 4 is 11.8 Å². The first-order valence-electron chi connectivity index (χ1n) is 4.82. The van der Waals surface area contributed by atoms with Crippen molar-refractivity contribution < 1.29 is 0 Å². The van der Waals surface area contributed by atoms with Gasteiger partial charge in [0.2, 0.25) is 0 Å². The second-order valence-corrected chi connectivity index (χ2v) is 4.95. The number of hydrogen-bond donors (Lipinski definition) is 1. The lowest BCUT2D eigenvalue weighted by Gasteiger charge is -2.13. The molecule has 1 aromatic heterocycles. The highest BCUT2D eigenvalue weighted by atomic mass is 32.2. The molecule has 1 unspecified atom stereocenters. The molecule has 2 N–H and O–H groups in total. The molecule has 0 aliphatic rings. The van der Waals surface area contributed by atoms with Crippen LogP contribution in [0.4, 0.5) is 0 Å². The van der Waals surface area contributed by atoms with E-state index in [2.05, 4.69) is 30.7 Å². The summed E-state index contributed by atoms with van der Waals surface area (Å²) in [6.07, 6.45) is 1.77. The lowest BCUT2D eigenvalue weighted by atomic mass is 10.2. The standard InChI is InChI=1S/C10H17N3S/c1-7(2)8(3)14-10-12-5-4-9(6-11)13-10/h4-5,7-8H,6,11H2,1-3H3. The molecule has 0 fully saturated rings. The van der Waals surface area contributed by atoms with Crippen molar-refractivity contribution in [2.75, 3.05) is 0 Å². The normalized spacial score (nSPS) is 13.2. The minimum Gasteiger partial charge on any atom is -0.325 e. The molecule has 0 spiro atoms. The molecular formula is C10H17N3S. The number of rotatable bonds is 4. The highest BCUT2D eigenvalue weighted by Crippen LogP contribution is 2.24. The molecule has 0 saturated heterocycles. The topological polar surface area (TPSA) is 51.8 Å². The molecule has 1 heterocycles. The Morgan fingerprint density at radius 1 is 1.43 bits per heavy atom. The van der Waals surface area contributed by atoms with E-state index in [0.717, 1.165) is 10.9 Å². The van der Waals surface area contributed by atoms with Crippen LogP contribution >= 0.6 is 11.8 Å². The van der Waals surface area contributed by atoms with Gasteiger partial charge in [0.05, 0.1) is 5.69 Å². The van der Waals surface area contributed by atoms with Crippen molar-refractivity contribution in [1.82, 2.24) is 9.97 Å². The van der Waals surface area contributed by atoms with Crippen molar-refractivity contribution in [3.63, 3.8) is 0 Å². The quantitative estimate of drug-likeness (QED) is 0.612. The van der Waals surface area contributed by atoms with Crippen LogP contribution in [-0.2, 0) is 6.54 Å². The zero-order chi connectivity index (χ0) is 10.6. The van der Waals surface area contributed by atoms with Crippen molar-refractivity contribution in [3.05, 3.63) is 18.0 Å². The molecule has 1 rings (SSSR count). The number of thioether (sulfide) groups is 1. The van der Waals surface area contributed by atoms with E-state index in [1.165, 1.54) is 0 Å². The molecule has 0 saturated carbocycles. The van der Waals surface area contributed by atoms with Crippen molar-refractivity contribution in [2.24, 2.45) is 11.7 Å². The summed E-state index contributed by atoms with van der Waals surface area (Å²) in [6, 6.07) is 1.85.